The standard InChI is InChI=1S/C10H10O/c1-2-5-9-6-3-4-7-10(9)8-11/h3-4,6-7,11H,8H2,1H3. The van der Waals surface area contributed by atoms with Crippen molar-refractivity contribution in [3.8, 4) is 11.8 Å². The normalized spacial score (nSPS) is 8.55. The molecule has 0 aliphatic carbocycles. The van der Waals surface area contributed by atoms with Gasteiger partial charge in [-0.1, -0.05) is 24.1 Å². The molecule has 1 N–H and O–H groups in total. The molecule has 0 fully saturated rings. The Kier molecular flexibility index (Phi) is 2.71. The van der Waals surface area contributed by atoms with Crippen LogP contribution in [0.5, 0.6) is 0 Å². The third-order valence-corrected chi connectivity index (χ3v) is 1.45. The molecule has 0 unspecified atom stereocenters. The quantitative estimate of drug-likeness (QED) is 0.596. The first-order valence-electron chi connectivity index (χ1n) is 3.50. The maximum absolute atomic E-state index is 8.88. The van der Waals surface area contributed by atoms with E-state index in [1.54, 1.807) is 6.92 Å². The van der Waals surface area contributed by atoms with E-state index in [1.807, 2.05) is 24.3 Å². The minimum atomic E-state index is 0.0604. The van der Waals surface area contributed by atoms with Gasteiger partial charge in [-0.05, 0) is 18.6 Å². The second-order valence-corrected chi connectivity index (χ2v) is 2.19. The first kappa shape index (κ1) is 7.84. The fourth-order valence-corrected chi connectivity index (χ4v) is 0.915. The van der Waals surface area contributed by atoms with E-state index in [9.17, 15) is 0 Å². The smallest absolute Gasteiger partial charge is 0.0694 e. The highest BCUT2D eigenvalue weighted by atomic mass is 16.3. The fraction of sp³-hybridized carbons (Fsp3) is 0.200. The van der Waals surface area contributed by atoms with E-state index in [0.717, 1.165) is 11.1 Å². The number of benzene rings is 1. The van der Waals surface area contributed by atoms with E-state index < -0.39 is 0 Å². The van der Waals surface area contributed by atoms with Gasteiger partial charge in [0.25, 0.3) is 0 Å². The van der Waals surface area contributed by atoms with E-state index in [0.29, 0.717) is 0 Å². The number of rotatable bonds is 1. The summed E-state index contributed by atoms with van der Waals surface area (Å²) in [6.45, 7) is 1.85. The van der Waals surface area contributed by atoms with Crippen LogP contribution < -0.4 is 0 Å². The Morgan fingerprint density at radius 2 is 2.09 bits per heavy atom. The Balaban J connectivity index is 3.09. The minimum Gasteiger partial charge on any atom is -0.392 e. The van der Waals surface area contributed by atoms with E-state index >= 15 is 0 Å². The van der Waals surface area contributed by atoms with Crippen molar-refractivity contribution in [1.29, 1.82) is 0 Å². The number of aliphatic hydroxyl groups is 1. The summed E-state index contributed by atoms with van der Waals surface area (Å²) < 4.78 is 0. The Bertz CT molecular complexity index is 291. The highest BCUT2D eigenvalue weighted by Crippen LogP contribution is 2.06. The van der Waals surface area contributed by atoms with Gasteiger partial charge in [0, 0.05) is 5.56 Å². The molecule has 1 heteroatoms. The van der Waals surface area contributed by atoms with Crippen LogP contribution >= 0.6 is 0 Å². The molecule has 1 rings (SSSR count). The largest absolute Gasteiger partial charge is 0.392 e. The zero-order valence-corrected chi connectivity index (χ0v) is 6.46. The molecule has 0 aromatic heterocycles. The predicted octanol–water partition coefficient (Wildman–Crippen LogP) is 1.55. The lowest BCUT2D eigenvalue weighted by Crippen LogP contribution is -1.87. The van der Waals surface area contributed by atoms with Gasteiger partial charge in [-0.15, -0.1) is 5.92 Å². The molecule has 1 aromatic carbocycles. The van der Waals surface area contributed by atoms with Crippen molar-refractivity contribution in [1.82, 2.24) is 0 Å². The van der Waals surface area contributed by atoms with Gasteiger partial charge in [-0.3, -0.25) is 0 Å². The Morgan fingerprint density at radius 3 is 2.73 bits per heavy atom. The van der Waals surface area contributed by atoms with Gasteiger partial charge in [0.1, 0.15) is 0 Å². The Labute approximate surface area is 66.7 Å². The van der Waals surface area contributed by atoms with Gasteiger partial charge in [-0.2, -0.15) is 0 Å². The summed E-state index contributed by atoms with van der Waals surface area (Å²) in [6, 6.07) is 7.59. The molecule has 56 valence electrons. The molecule has 0 aliphatic rings. The van der Waals surface area contributed by atoms with Crippen LogP contribution in [0.25, 0.3) is 0 Å². The molecule has 0 atom stereocenters. The van der Waals surface area contributed by atoms with Crippen LogP contribution in [0.15, 0.2) is 24.3 Å². The summed E-state index contributed by atoms with van der Waals surface area (Å²) in [5, 5.41) is 8.88. The molecular weight excluding hydrogens is 136 g/mol. The van der Waals surface area contributed by atoms with Gasteiger partial charge in [0.15, 0.2) is 0 Å². The zero-order chi connectivity index (χ0) is 8.10. The lowest BCUT2D eigenvalue weighted by Gasteiger charge is -1.97. The van der Waals surface area contributed by atoms with Crippen molar-refractivity contribution in [3.05, 3.63) is 35.4 Å². The highest BCUT2D eigenvalue weighted by Gasteiger charge is 1.94. The van der Waals surface area contributed by atoms with Crippen molar-refractivity contribution in [2.24, 2.45) is 0 Å². The maximum atomic E-state index is 8.88. The van der Waals surface area contributed by atoms with E-state index in [-0.39, 0.29) is 6.61 Å². The predicted molar refractivity (Wildman–Crippen MR) is 44.9 cm³/mol. The molecule has 11 heavy (non-hydrogen) atoms. The maximum Gasteiger partial charge on any atom is 0.0694 e. The second-order valence-electron chi connectivity index (χ2n) is 2.19. The summed E-state index contributed by atoms with van der Waals surface area (Å²) in [7, 11) is 0. The van der Waals surface area contributed by atoms with E-state index in [1.165, 1.54) is 0 Å². The molecule has 0 aliphatic heterocycles. The monoisotopic (exact) mass is 146 g/mol. The summed E-state index contributed by atoms with van der Waals surface area (Å²) in [6.07, 6.45) is 0. The van der Waals surface area contributed by atoms with Crippen molar-refractivity contribution in [3.63, 3.8) is 0 Å². The Morgan fingerprint density at radius 1 is 1.36 bits per heavy atom. The van der Waals surface area contributed by atoms with E-state index in [2.05, 4.69) is 11.8 Å². The van der Waals surface area contributed by atoms with Crippen LogP contribution in [0.3, 0.4) is 0 Å². The van der Waals surface area contributed by atoms with E-state index in [4.69, 9.17) is 5.11 Å². The molecule has 1 aromatic rings. The topological polar surface area (TPSA) is 20.2 Å². The highest BCUT2D eigenvalue weighted by molar-refractivity contribution is 5.40. The number of hydrogen-bond acceptors (Lipinski definition) is 1. The Hall–Kier alpha value is -1.26. The summed E-state index contributed by atoms with van der Waals surface area (Å²) in [4.78, 5) is 0. The summed E-state index contributed by atoms with van der Waals surface area (Å²) >= 11 is 0. The average Bonchev–Trinajstić information content (AvgIpc) is 2.06. The van der Waals surface area contributed by atoms with Gasteiger partial charge in [-0.25, -0.2) is 0 Å². The van der Waals surface area contributed by atoms with Gasteiger partial charge >= 0.3 is 0 Å². The second kappa shape index (κ2) is 3.80. The van der Waals surface area contributed by atoms with Crippen LogP contribution in [0.2, 0.25) is 0 Å². The number of hydrogen-bond donors (Lipinski definition) is 1. The number of aliphatic hydroxyl groups excluding tert-OH is 1. The first-order chi connectivity index (χ1) is 5.38. The average molecular weight is 146 g/mol. The molecule has 0 spiro atoms. The van der Waals surface area contributed by atoms with Crippen LogP contribution in [0.4, 0.5) is 0 Å². The van der Waals surface area contributed by atoms with Crippen molar-refractivity contribution in [2.75, 3.05) is 0 Å². The summed E-state index contributed by atoms with van der Waals surface area (Å²) in [5.74, 6) is 5.71. The molecule has 0 saturated heterocycles. The zero-order valence-electron chi connectivity index (χ0n) is 6.46. The molecule has 1 nitrogen and oxygen atoms in total. The van der Waals surface area contributed by atoms with Gasteiger partial charge in [0.05, 0.1) is 6.61 Å². The third-order valence-electron chi connectivity index (χ3n) is 1.45. The van der Waals surface area contributed by atoms with Crippen molar-refractivity contribution >= 4 is 0 Å². The molecule has 0 saturated carbocycles. The van der Waals surface area contributed by atoms with Crippen LogP contribution in [-0.4, -0.2) is 5.11 Å². The lowest BCUT2D eigenvalue weighted by molar-refractivity contribution is 0.281. The van der Waals surface area contributed by atoms with Crippen molar-refractivity contribution < 1.29 is 5.11 Å². The first-order valence-corrected chi connectivity index (χ1v) is 3.50. The SMILES string of the molecule is CC#Cc1ccccc1CO. The molecule has 0 amide bonds. The minimum absolute atomic E-state index is 0.0604. The van der Waals surface area contributed by atoms with Crippen LogP contribution in [-0.2, 0) is 6.61 Å². The fourth-order valence-electron chi connectivity index (χ4n) is 0.915. The van der Waals surface area contributed by atoms with Crippen LogP contribution in [0.1, 0.15) is 18.1 Å². The van der Waals surface area contributed by atoms with Crippen molar-refractivity contribution in [2.45, 2.75) is 13.5 Å². The van der Waals surface area contributed by atoms with Gasteiger partial charge < -0.3 is 5.11 Å². The third kappa shape index (κ3) is 1.83. The lowest BCUT2D eigenvalue weighted by atomic mass is 10.1. The van der Waals surface area contributed by atoms with Gasteiger partial charge in [0.2, 0.25) is 0 Å². The molecule has 0 heterocycles. The summed E-state index contributed by atoms with van der Waals surface area (Å²) in [5.41, 5.74) is 1.80. The molecular formula is C10H10O. The molecule has 0 bridgehead atoms. The van der Waals surface area contributed by atoms with Crippen LogP contribution in [0, 0.1) is 11.8 Å². The molecule has 0 radical (unpaired) electrons.